The molecule has 4 heteroatoms. The van der Waals surface area contributed by atoms with Crippen LogP contribution in [0, 0.1) is 0 Å². The quantitative estimate of drug-likeness (QED) is 0.676. The summed E-state index contributed by atoms with van der Waals surface area (Å²) in [6.45, 7) is 1.54. The third kappa shape index (κ3) is 2.78. The van der Waals surface area contributed by atoms with E-state index in [9.17, 15) is 9.90 Å². The summed E-state index contributed by atoms with van der Waals surface area (Å²) in [4.78, 5) is 10.8. The van der Waals surface area contributed by atoms with E-state index >= 15 is 0 Å². The summed E-state index contributed by atoms with van der Waals surface area (Å²) in [6, 6.07) is 7.85. The Bertz CT molecular complexity index is 324. The first-order valence-corrected chi connectivity index (χ1v) is 4.75. The van der Waals surface area contributed by atoms with Crippen LogP contribution >= 0.6 is 0 Å². The molecule has 4 nitrogen and oxygen atoms in total. The summed E-state index contributed by atoms with van der Waals surface area (Å²) in [5.41, 5.74) is 6.27. The largest absolute Gasteiger partial charge is 0.480 e. The van der Waals surface area contributed by atoms with E-state index in [0.717, 1.165) is 5.56 Å². The van der Waals surface area contributed by atoms with Crippen LogP contribution in [0.25, 0.3) is 0 Å². The molecule has 1 aromatic rings. The number of nitrogens with two attached hydrogens (primary N) is 1. The number of hydrogen-bond acceptors (Lipinski definition) is 3. The first kappa shape index (κ1) is 11.7. The van der Waals surface area contributed by atoms with E-state index in [1.54, 1.807) is 31.2 Å². The van der Waals surface area contributed by atoms with Crippen LogP contribution in [0.1, 0.15) is 18.4 Å². The standard InChI is InChI=1S/C11H15NO3/c1-7(13)9(10(12)11(14)15)8-5-3-2-4-6-8/h2-7,9-10,13H,12H2,1H3,(H,14,15)/t7-,9?,10+/m1/s1. The van der Waals surface area contributed by atoms with Gasteiger partial charge in [0.1, 0.15) is 6.04 Å². The molecule has 0 saturated carbocycles. The third-order valence-corrected chi connectivity index (χ3v) is 2.38. The van der Waals surface area contributed by atoms with Gasteiger partial charge in [0, 0.05) is 5.92 Å². The molecule has 1 aromatic carbocycles. The van der Waals surface area contributed by atoms with Gasteiger partial charge in [-0.15, -0.1) is 0 Å². The molecule has 4 N–H and O–H groups in total. The van der Waals surface area contributed by atoms with Crippen LogP contribution in [0.5, 0.6) is 0 Å². The van der Waals surface area contributed by atoms with Crippen molar-refractivity contribution in [3.8, 4) is 0 Å². The normalized spacial score (nSPS) is 16.7. The molecule has 0 bridgehead atoms. The molecule has 0 heterocycles. The van der Waals surface area contributed by atoms with Gasteiger partial charge in [0.2, 0.25) is 0 Å². The molecule has 0 fully saturated rings. The lowest BCUT2D eigenvalue weighted by Crippen LogP contribution is -2.41. The summed E-state index contributed by atoms with van der Waals surface area (Å²) in [7, 11) is 0. The van der Waals surface area contributed by atoms with Crippen molar-refractivity contribution in [2.45, 2.75) is 25.0 Å². The second kappa shape index (κ2) is 4.91. The molecular weight excluding hydrogens is 194 g/mol. The number of carboxylic acid groups (broad SMARTS) is 1. The number of aliphatic carboxylic acids is 1. The van der Waals surface area contributed by atoms with Crippen molar-refractivity contribution >= 4 is 5.97 Å². The predicted octanol–water partition coefficient (Wildman–Crippen LogP) is 0.563. The highest BCUT2D eigenvalue weighted by atomic mass is 16.4. The van der Waals surface area contributed by atoms with Gasteiger partial charge in [-0.3, -0.25) is 4.79 Å². The monoisotopic (exact) mass is 209 g/mol. The predicted molar refractivity (Wildman–Crippen MR) is 56.5 cm³/mol. The fourth-order valence-corrected chi connectivity index (χ4v) is 1.61. The Morgan fingerprint density at radius 1 is 1.33 bits per heavy atom. The van der Waals surface area contributed by atoms with Gasteiger partial charge in [0.15, 0.2) is 0 Å². The number of hydrogen-bond donors (Lipinski definition) is 3. The van der Waals surface area contributed by atoms with Gasteiger partial charge in [-0.2, -0.15) is 0 Å². The lowest BCUT2D eigenvalue weighted by atomic mass is 9.88. The van der Waals surface area contributed by atoms with E-state index in [-0.39, 0.29) is 0 Å². The fourth-order valence-electron chi connectivity index (χ4n) is 1.61. The molecule has 0 aliphatic rings. The lowest BCUT2D eigenvalue weighted by molar-refractivity contribution is -0.139. The Balaban J connectivity index is 2.99. The SMILES string of the molecule is C[C@@H](O)C(c1ccccc1)[C@H](N)C(=O)O. The van der Waals surface area contributed by atoms with Gasteiger partial charge in [0.05, 0.1) is 6.10 Å². The van der Waals surface area contributed by atoms with Gasteiger partial charge < -0.3 is 15.9 Å². The third-order valence-electron chi connectivity index (χ3n) is 2.38. The highest BCUT2D eigenvalue weighted by Crippen LogP contribution is 2.22. The first-order chi connectivity index (χ1) is 7.04. The topological polar surface area (TPSA) is 83.5 Å². The number of aliphatic hydroxyl groups excluding tert-OH is 1. The fraction of sp³-hybridized carbons (Fsp3) is 0.364. The maximum absolute atomic E-state index is 10.8. The molecule has 15 heavy (non-hydrogen) atoms. The van der Waals surface area contributed by atoms with Gasteiger partial charge in [-0.05, 0) is 12.5 Å². The van der Waals surface area contributed by atoms with Crippen molar-refractivity contribution in [3.05, 3.63) is 35.9 Å². The Kier molecular flexibility index (Phi) is 3.82. The summed E-state index contributed by atoms with van der Waals surface area (Å²) >= 11 is 0. The smallest absolute Gasteiger partial charge is 0.321 e. The average Bonchev–Trinajstić information content (AvgIpc) is 2.18. The molecule has 0 amide bonds. The van der Waals surface area contributed by atoms with E-state index in [2.05, 4.69) is 0 Å². The Labute approximate surface area is 88.3 Å². The molecule has 0 aliphatic heterocycles. The number of rotatable bonds is 4. The van der Waals surface area contributed by atoms with Crippen molar-refractivity contribution in [2.24, 2.45) is 5.73 Å². The number of carbonyl (C=O) groups is 1. The first-order valence-electron chi connectivity index (χ1n) is 4.75. The number of carboxylic acids is 1. The highest BCUT2D eigenvalue weighted by Gasteiger charge is 2.29. The molecule has 0 saturated heterocycles. The van der Waals surface area contributed by atoms with Gasteiger partial charge in [0.25, 0.3) is 0 Å². The van der Waals surface area contributed by atoms with Crippen LogP contribution in [0.4, 0.5) is 0 Å². The number of benzene rings is 1. The van der Waals surface area contributed by atoms with Gasteiger partial charge >= 0.3 is 5.97 Å². The average molecular weight is 209 g/mol. The maximum Gasteiger partial charge on any atom is 0.321 e. The lowest BCUT2D eigenvalue weighted by Gasteiger charge is -2.23. The zero-order valence-corrected chi connectivity index (χ0v) is 8.50. The van der Waals surface area contributed by atoms with Crippen molar-refractivity contribution in [1.29, 1.82) is 0 Å². The van der Waals surface area contributed by atoms with Crippen LogP contribution in [0.3, 0.4) is 0 Å². The molecule has 1 rings (SSSR count). The molecule has 0 spiro atoms. The van der Waals surface area contributed by atoms with E-state index in [4.69, 9.17) is 10.8 Å². The second-order valence-electron chi connectivity index (χ2n) is 3.54. The summed E-state index contributed by atoms with van der Waals surface area (Å²) in [5, 5.41) is 18.4. The van der Waals surface area contributed by atoms with E-state index in [1.165, 1.54) is 0 Å². The minimum Gasteiger partial charge on any atom is -0.480 e. The highest BCUT2D eigenvalue weighted by molar-refractivity contribution is 5.74. The molecule has 0 radical (unpaired) electrons. The molecule has 82 valence electrons. The summed E-state index contributed by atoms with van der Waals surface area (Å²) < 4.78 is 0. The molecule has 0 aromatic heterocycles. The Morgan fingerprint density at radius 2 is 1.87 bits per heavy atom. The van der Waals surface area contributed by atoms with Crippen molar-refractivity contribution in [2.75, 3.05) is 0 Å². The molecule has 3 atom stereocenters. The van der Waals surface area contributed by atoms with Crippen molar-refractivity contribution < 1.29 is 15.0 Å². The van der Waals surface area contributed by atoms with Crippen LogP contribution in [0.2, 0.25) is 0 Å². The zero-order chi connectivity index (χ0) is 11.4. The van der Waals surface area contributed by atoms with Crippen LogP contribution in [-0.4, -0.2) is 28.3 Å². The van der Waals surface area contributed by atoms with E-state index < -0.39 is 24.0 Å². The minimum absolute atomic E-state index is 0.580. The maximum atomic E-state index is 10.8. The van der Waals surface area contributed by atoms with Gasteiger partial charge in [-0.1, -0.05) is 30.3 Å². The van der Waals surface area contributed by atoms with Crippen LogP contribution in [0.15, 0.2) is 30.3 Å². The summed E-state index contributed by atoms with van der Waals surface area (Å²) in [6.07, 6.45) is -0.793. The molecular formula is C11H15NO3. The van der Waals surface area contributed by atoms with E-state index in [1.807, 2.05) is 6.07 Å². The van der Waals surface area contributed by atoms with Crippen molar-refractivity contribution in [3.63, 3.8) is 0 Å². The summed E-state index contributed by atoms with van der Waals surface area (Å²) in [5.74, 6) is -1.69. The van der Waals surface area contributed by atoms with Crippen LogP contribution in [-0.2, 0) is 4.79 Å². The van der Waals surface area contributed by atoms with Crippen molar-refractivity contribution in [1.82, 2.24) is 0 Å². The number of aliphatic hydroxyl groups is 1. The Hall–Kier alpha value is -1.39. The Morgan fingerprint density at radius 3 is 2.27 bits per heavy atom. The molecule has 1 unspecified atom stereocenters. The van der Waals surface area contributed by atoms with Crippen LogP contribution < -0.4 is 5.73 Å². The zero-order valence-electron chi connectivity index (χ0n) is 8.50. The van der Waals surface area contributed by atoms with E-state index in [0.29, 0.717) is 0 Å². The minimum atomic E-state index is -1.11. The van der Waals surface area contributed by atoms with Gasteiger partial charge in [-0.25, -0.2) is 0 Å². The molecule has 0 aliphatic carbocycles. The second-order valence-corrected chi connectivity index (χ2v) is 3.54.